The van der Waals surface area contributed by atoms with Crippen molar-refractivity contribution in [3.8, 4) is 0 Å². The lowest BCUT2D eigenvalue weighted by Gasteiger charge is -2.30. The van der Waals surface area contributed by atoms with Gasteiger partial charge in [-0.05, 0) is 42.0 Å². The number of hydrogen-bond donors (Lipinski definition) is 0. The molecule has 0 saturated carbocycles. The Hall–Kier alpha value is -3.55. The fourth-order valence-electron chi connectivity index (χ4n) is 4.19. The molecule has 0 saturated heterocycles. The van der Waals surface area contributed by atoms with Gasteiger partial charge in [-0.1, -0.05) is 42.5 Å². The summed E-state index contributed by atoms with van der Waals surface area (Å²) in [5.74, 6) is 0.377. The number of amides is 1. The van der Waals surface area contributed by atoms with E-state index in [4.69, 9.17) is 14.5 Å². The Morgan fingerprint density at radius 1 is 0.971 bits per heavy atom. The van der Waals surface area contributed by atoms with E-state index < -0.39 is 6.04 Å². The molecule has 7 nitrogen and oxygen atoms in total. The molecule has 4 aromatic rings. The minimum absolute atomic E-state index is 0.143. The summed E-state index contributed by atoms with van der Waals surface area (Å²) >= 11 is 0. The van der Waals surface area contributed by atoms with E-state index in [-0.39, 0.29) is 11.5 Å². The van der Waals surface area contributed by atoms with Gasteiger partial charge in [-0.25, -0.2) is 4.98 Å². The van der Waals surface area contributed by atoms with Crippen molar-refractivity contribution < 1.29 is 14.3 Å². The van der Waals surface area contributed by atoms with E-state index in [2.05, 4.69) is 0 Å². The molecule has 176 valence electrons. The highest BCUT2D eigenvalue weighted by Crippen LogP contribution is 2.24. The van der Waals surface area contributed by atoms with Gasteiger partial charge >= 0.3 is 0 Å². The highest BCUT2D eigenvalue weighted by atomic mass is 16.5. The summed E-state index contributed by atoms with van der Waals surface area (Å²) in [6.45, 7) is 3.32. The largest absolute Gasteiger partial charge is 0.383 e. The number of fused-ring (bicyclic) bond motifs is 2. The van der Waals surface area contributed by atoms with Crippen molar-refractivity contribution in [2.24, 2.45) is 0 Å². The number of nitrogens with zero attached hydrogens (tertiary/aromatic N) is 3. The molecule has 1 atom stereocenters. The molecule has 34 heavy (non-hydrogen) atoms. The van der Waals surface area contributed by atoms with Gasteiger partial charge in [0.05, 0.1) is 36.7 Å². The number of rotatable bonds is 9. The van der Waals surface area contributed by atoms with E-state index in [1.54, 1.807) is 29.8 Å². The number of methoxy groups -OCH3 is 2. The summed E-state index contributed by atoms with van der Waals surface area (Å²) in [5.41, 5.74) is 1.04. The molecule has 1 unspecified atom stereocenters. The van der Waals surface area contributed by atoms with Crippen LogP contribution in [-0.2, 0) is 16.0 Å². The summed E-state index contributed by atoms with van der Waals surface area (Å²) in [4.78, 5) is 33.6. The first kappa shape index (κ1) is 23.6. The maximum atomic E-state index is 13.7. The van der Waals surface area contributed by atoms with Crippen molar-refractivity contribution >= 4 is 27.6 Å². The van der Waals surface area contributed by atoms with Crippen molar-refractivity contribution in [3.05, 3.63) is 88.5 Å². The lowest BCUT2D eigenvalue weighted by Crippen LogP contribution is -2.40. The molecule has 0 bridgehead atoms. The number of ether oxygens (including phenoxy) is 2. The first-order valence-corrected chi connectivity index (χ1v) is 11.3. The van der Waals surface area contributed by atoms with Gasteiger partial charge < -0.3 is 14.4 Å². The second-order valence-electron chi connectivity index (χ2n) is 8.17. The van der Waals surface area contributed by atoms with E-state index in [9.17, 15) is 9.59 Å². The van der Waals surface area contributed by atoms with E-state index in [1.165, 1.54) is 0 Å². The second kappa shape index (κ2) is 10.6. The molecule has 0 aliphatic carbocycles. The number of para-hydroxylation sites is 1. The monoisotopic (exact) mass is 459 g/mol. The highest BCUT2D eigenvalue weighted by Gasteiger charge is 2.27. The normalized spacial score (nSPS) is 12.2. The van der Waals surface area contributed by atoms with Gasteiger partial charge in [-0.3, -0.25) is 14.2 Å². The fourth-order valence-corrected chi connectivity index (χ4v) is 4.19. The molecule has 7 heteroatoms. The first-order chi connectivity index (χ1) is 16.5. The Kier molecular flexibility index (Phi) is 7.35. The molecule has 0 radical (unpaired) electrons. The average Bonchev–Trinajstić information content (AvgIpc) is 2.87. The number of aromatic nitrogens is 2. The number of carbonyl (C=O) groups is 1. The van der Waals surface area contributed by atoms with Crippen LogP contribution in [0.1, 0.15) is 29.1 Å². The van der Waals surface area contributed by atoms with Crippen LogP contribution in [0.5, 0.6) is 0 Å². The molecule has 0 N–H and O–H groups in total. The van der Waals surface area contributed by atoms with E-state index >= 15 is 0 Å². The molecule has 1 amide bonds. The number of benzene rings is 3. The molecule has 0 spiro atoms. The van der Waals surface area contributed by atoms with Crippen LogP contribution < -0.4 is 5.56 Å². The van der Waals surface area contributed by atoms with Crippen LogP contribution in [0.3, 0.4) is 0 Å². The van der Waals surface area contributed by atoms with Crippen LogP contribution in [-0.4, -0.2) is 54.3 Å². The smallest absolute Gasteiger partial charge is 0.261 e. The lowest BCUT2D eigenvalue weighted by molar-refractivity contribution is 0.0601. The van der Waals surface area contributed by atoms with Gasteiger partial charge in [0.25, 0.3) is 11.5 Å². The Labute approximate surface area is 198 Å². The van der Waals surface area contributed by atoms with Gasteiger partial charge in [-0.15, -0.1) is 0 Å². The summed E-state index contributed by atoms with van der Waals surface area (Å²) < 4.78 is 12.2. The average molecular weight is 460 g/mol. The van der Waals surface area contributed by atoms with Crippen molar-refractivity contribution in [2.45, 2.75) is 19.5 Å². The Morgan fingerprint density at radius 2 is 1.68 bits per heavy atom. The summed E-state index contributed by atoms with van der Waals surface area (Å²) in [6.07, 6.45) is 0. The third-order valence-electron chi connectivity index (χ3n) is 6.04. The topological polar surface area (TPSA) is 73.7 Å². The van der Waals surface area contributed by atoms with Crippen LogP contribution in [0.2, 0.25) is 0 Å². The summed E-state index contributed by atoms with van der Waals surface area (Å²) in [6, 6.07) is 20.4. The third-order valence-corrected chi connectivity index (χ3v) is 6.04. The van der Waals surface area contributed by atoms with Crippen molar-refractivity contribution in [3.63, 3.8) is 0 Å². The Bertz CT molecular complexity index is 1370. The maximum absolute atomic E-state index is 13.7. The van der Waals surface area contributed by atoms with Crippen LogP contribution in [0, 0.1) is 0 Å². The second-order valence-corrected chi connectivity index (χ2v) is 8.17. The minimum Gasteiger partial charge on any atom is -0.383 e. The van der Waals surface area contributed by atoms with Gasteiger partial charge in [-0.2, -0.15) is 0 Å². The molecule has 0 aliphatic rings. The van der Waals surface area contributed by atoms with E-state index in [0.717, 1.165) is 10.8 Å². The zero-order chi connectivity index (χ0) is 24.1. The first-order valence-electron chi connectivity index (χ1n) is 11.3. The highest BCUT2D eigenvalue weighted by molar-refractivity contribution is 5.98. The molecule has 0 fully saturated rings. The van der Waals surface area contributed by atoms with Crippen LogP contribution in [0.4, 0.5) is 0 Å². The van der Waals surface area contributed by atoms with Crippen LogP contribution in [0.25, 0.3) is 21.7 Å². The lowest BCUT2D eigenvalue weighted by atomic mass is 10.1. The Balaban J connectivity index is 1.79. The van der Waals surface area contributed by atoms with Gasteiger partial charge in [0.1, 0.15) is 5.82 Å². The third kappa shape index (κ3) is 4.71. The fraction of sp³-hybridized carbons (Fsp3) is 0.296. The predicted octanol–water partition coefficient (Wildman–Crippen LogP) is 4.05. The predicted molar refractivity (Wildman–Crippen MR) is 133 cm³/mol. The molecule has 0 aliphatic heterocycles. The Morgan fingerprint density at radius 3 is 2.44 bits per heavy atom. The summed E-state index contributed by atoms with van der Waals surface area (Å²) in [7, 11) is 3.20. The molecule has 4 rings (SSSR count). The quantitative estimate of drug-likeness (QED) is 0.378. The molecule has 3 aromatic carbocycles. The van der Waals surface area contributed by atoms with Crippen molar-refractivity contribution in [2.75, 3.05) is 34.0 Å². The zero-order valence-electron chi connectivity index (χ0n) is 19.7. The SMILES string of the molecule is COCCN(C(=O)c1ccc2ccccc2c1)C(C)c1nc2ccccc2c(=O)n1CCOC. The van der Waals surface area contributed by atoms with Crippen LogP contribution in [0.15, 0.2) is 71.5 Å². The number of hydrogen-bond acceptors (Lipinski definition) is 5. The molecule has 1 heterocycles. The standard InChI is InChI=1S/C27H29N3O4/c1-19(25-28-24-11-7-6-10-23(24)27(32)30(25)15-17-34-3)29(14-16-33-2)26(31)22-13-12-20-8-4-5-9-21(20)18-22/h4-13,18-19H,14-17H2,1-3H3. The number of carbonyl (C=O) groups excluding carboxylic acids is 1. The molecule has 1 aromatic heterocycles. The van der Waals surface area contributed by atoms with Gasteiger partial charge in [0, 0.05) is 26.3 Å². The van der Waals surface area contributed by atoms with E-state index in [0.29, 0.717) is 48.6 Å². The summed E-state index contributed by atoms with van der Waals surface area (Å²) in [5, 5.41) is 2.60. The van der Waals surface area contributed by atoms with Crippen molar-refractivity contribution in [1.29, 1.82) is 0 Å². The molecular weight excluding hydrogens is 430 g/mol. The van der Waals surface area contributed by atoms with Gasteiger partial charge in [0.2, 0.25) is 0 Å². The van der Waals surface area contributed by atoms with E-state index in [1.807, 2.05) is 67.6 Å². The zero-order valence-corrected chi connectivity index (χ0v) is 19.7. The maximum Gasteiger partial charge on any atom is 0.261 e. The van der Waals surface area contributed by atoms with Gasteiger partial charge in [0.15, 0.2) is 0 Å². The van der Waals surface area contributed by atoms with Crippen LogP contribution >= 0.6 is 0 Å². The van der Waals surface area contributed by atoms with Crippen molar-refractivity contribution in [1.82, 2.24) is 14.5 Å². The minimum atomic E-state index is -0.469. The molecular formula is C27H29N3O4.